The highest BCUT2D eigenvalue weighted by Crippen LogP contribution is 2.21. The van der Waals surface area contributed by atoms with Gasteiger partial charge in [0.1, 0.15) is 5.70 Å². The fourth-order valence-corrected chi connectivity index (χ4v) is 2.36. The number of carbonyl (C=O) groups is 1. The molecular weight excluding hydrogens is 260 g/mol. The number of hydrogen-bond donors (Lipinski definition) is 0. The van der Waals surface area contributed by atoms with Crippen LogP contribution in [0.3, 0.4) is 0 Å². The first-order valence-electron chi connectivity index (χ1n) is 6.87. The van der Waals surface area contributed by atoms with Gasteiger partial charge in [0, 0.05) is 12.3 Å². The number of hydrogen-bond acceptors (Lipinski definition) is 2. The molecule has 3 heteroatoms. The summed E-state index contributed by atoms with van der Waals surface area (Å²) in [6, 6.07) is 15.9. The van der Waals surface area contributed by atoms with Crippen molar-refractivity contribution in [2.45, 2.75) is 13.8 Å². The van der Waals surface area contributed by atoms with Crippen molar-refractivity contribution in [2.24, 2.45) is 0 Å². The zero-order chi connectivity index (χ0) is 14.8. The highest BCUT2D eigenvalue weighted by atomic mass is 16.1. The molecule has 0 aliphatic carbocycles. The van der Waals surface area contributed by atoms with E-state index in [0.717, 1.165) is 16.5 Å². The molecule has 3 rings (SSSR count). The van der Waals surface area contributed by atoms with Crippen LogP contribution in [0.5, 0.6) is 0 Å². The van der Waals surface area contributed by atoms with Crippen molar-refractivity contribution >= 4 is 28.5 Å². The minimum atomic E-state index is -0.00979. The number of rotatable bonds is 3. The van der Waals surface area contributed by atoms with Crippen molar-refractivity contribution in [3.05, 3.63) is 65.9 Å². The van der Waals surface area contributed by atoms with Gasteiger partial charge in [-0.15, -0.1) is 0 Å². The summed E-state index contributed by atoms with van der Waals surface area (Å²) in [4.78, 5) is 12.0. The summed E-state index contributed by atoms with van der Waals surface area (Å²) in [6.07, 6.45) is 3.67. The van der Waals surface area contributed by atoms with Crippen LogP contribution in [0.25, 0.3) is 22.7 Å². The molecule has 0 spiro atoms. The van der Waals surface area contributed by atoms with Crippen molar-refractivity contribution in [3.8, 4) is 0 Å². The van der Waals surface area contributed by atoms with Gasteiger partial charge >= 0.3 is 0 Å². The molecule has 0 aliphatic heterocycles. The molecule has 3 aromatic rings. The molecule has 0 aliphatic rings. The molecular formula is C18H16N2O. The Morgan fingerprint density at radius 2 is 1.90 bits per heavy atom. The second-order valence-corrected chi connectivity index (χ2v) is 5.12. The van der Waals surface area contributed by atoms with Gasteiger partial charge in [0.2, 0.25) is 0 Å². The summed E-state index contributed by atoms with van der Waals surface area (Å²) in [5.41, 5.74) is 3.68. The van der Waals surface area contributed by atoms with Crippen LogP contribution >= 0.6 is 0 Å². The summed E-state index contributed by atoms with van der Waals surface area (Å²) >= 11 is 0. The van der Waals surface area contributed by atoms with Crippen LogP contribution < -0.4 is 0 Å². The maximum absolute atomic E-state index is 12.0. The fraction of sp³-hybridized carbons (Fsp3) is 0.111. The summed E-state index contributed by atoms with van der Waals surface area (Å²) in [5.74, 6) is -0.00979. The maximum Gasteiger partial charge on any atom is 0.178 e. The van der Waals surface area contributed by atoms with E-state index in [0.29, 0.717) is 5.70 Å². The second kappa shape index (κ2) is 5.37. The number of Topliss-reactive ketones (excluding diaryl/α,β-unsaturated/α-hetero) is 1. The largest absolute Gasteiger partial charge is 0.293 e. The summed E-state index contributed by atoms with van der Waals surface area (Å²) in [5, 5.41) is 5.42. The molecule has 3 nitrogen and oxygen atoms in total. The first kappa shape index (κ1) is 13.3. The topological polar surface area (TPSA) is 34.9 Å². The molecule has 0 unspecified atom stereocenters. The number of nitrogens with zero attached hydrogens (tertiary/aromatic N) is 2. The average Bonchev–Trinajstić information content (AvgIpc) is 2.88. The molecule has 0 bridgehead atoms. The zero-order valence-electron chi connectivity index (χ0n) is 12.1. The fourth-order valence-electron chi connectivity index (χ4n) is 2.36. The smallest absolute Gasteiger partial charge is 0.178 e. The molecule has 0 atom stereocenters. The van der Waals surface area contributed by atoms with Gasteiger partial charge in [0.05, 0.1) is 11.7 Å². The van der Waals surface area contributed by atoms with Crippen molar-refractivity contribution in [1.29, 1.82) is 0 Å². The molecule has 1 aromatic heterocycles. The Morgan fingerprint density at radius 3 is 2.62 bits per heavy atom. The molecule has 0 saturated heterocycles. The van der Waals surface area contributed by atoms with Crippen LogP contribution in [0, 0.1) is 6.92 Å². The van der Waals surface area contributed by atoms with Crippen molar-refractivity contribution in [3.63, 3.8) is 0 Å². The SMILES string of the molecule is CC(=O)/C(=C/c1ccccc1)n1ncc2cc(C)ccc21. The van der Waals surface area contributed by atoms with Gasteiger partial charge in [-0.3, -0.25) is 4.79 Å². The Labute approximate surface area is 123 Å². The monoisotopic (exact) mass is 276 g/mol. The molecule has 2 aromatic carbocycles. The van der Waals surface area contributed by atoms with Crippen LogP contribution in [-0.4, -0.2) is 15.6 Å². The van der Waals surface area contributed by atoms with Gasteiger partial charge < -0.3 is 0 Å². The van der Waals surface area contributed by atoms with E-state index in [2.05, 4.69) is 11.2 Å². The second-order valence-electron chi connectivity index (χ2n) is 5.12. The van der Waals surface area contributed by atoms with E-state index in [1.165, 1.54) is 5.56 Å². The van der Waals surface area contributed by atoms with Crippen molar-refractivity contribution in [2.75, 3.05) is 0 Å². The van der Waals surface area contributed by atoms with Gasteiger partial charge in [-0.1, -0.05) is 42.0 Å². The van der Waals surface area contributed by atoms with E-state index < -0.39 is 0 Å². The Hall–Kier alpha value is -2.68. The number of benzene rings is 2. The number of aromatic nitrogens is 2. The minimum Gasteiger partial charge on any atom is -0.293 e. The normalized spacial score (nSPS) is 11.8. The van der Waals surface area contributed by atoms with Crippen LogP contribution in [0.4, 0.5) is 0 Å². The van der Waals surface area contributed by atoms with Gasteiger partial charge in [0.25, 0.3) is 0 Å². The van der Waals surface area contributed by atoms with E-state index in [1.54, 1.807) is 17.8 Å². The minimum absolute atomic E-state index is 0.00979. The average molecular weight is 276 g/mol. The van der Waals surface area contributed by atoms with E-state index in [9.17, 15) is 4.79 Å². The Bertz CT molecular complexity index is 829. The Balaban J connectivity index is 2.17. The molecule has 0 fully saturated rings. The third kappa shape index (κ3) is 2.63. The summed E-state index contributed by atoms with van der Waals surface area (Å²) in [7, 11) is 0. The summed E-state index contributed by atoms with van der Waals surface area (Å²) in [6.45, 7) is 3.61. The lowest BCUT2D eigenvalue weighted by atomic mass is 10.1. The quantitative estimate of drug-likeness (QED) is 0.679. The van der Waals surface area contributed by atoms with Crippen LogP contribution in [-0.2, 0) is 4.79 Å². The molecule has 0 saturated carbocycles. The van der Waals surface area contributed by atoms with Gasteiger partial charge in [-0.25, -0.2) is 4.68 Å². The Kier molecular flexibility index (Phi) is 3.40. The molecule has 21 heavy (non-hydrogen) atoms. The predicted molar refractivity (Wildman–Crippen MR) is 85.8 cm³/mol. The van der Waals surface area contributed by atoms with Crippen LogP contribution in [0.15, 0.2) is 54.7 Å². The predicted octanol–water partition coefficient (Wildman–Crippen LogP) is 3.93. The third-order valence-corrected chi connectivity index (χ3v) is 3.42. The number of ketones is 1. The lowest BCUT2D eigenvalue weighted by molar-refractivity contribution is -0.112. The Morgan fingerprint density at radius 1 is 1.14 bits per heavy atom. The standard InChI is InChI=1S/C18H16N2O/c1-13-8-9-17-16(10-13)12-19-20(17)18(14(2)21)11-15-6-4-3-5-7-15/h3-12H,1-2H3/b18-11-. The zero-order valence-corrected chi connectivity index (χ0v) is 12.1. The van der Waals surface area contributed by atoms with Crippen molar-refractivity contribution < 1.29 is 4.79 Å². The summed E-state index contributed by atoms with van der Waals surface area (Å²) < 4.78 is 1.71. The highest BCUT2D eigenvalue weighted by Gasteiger charge is 2.11. The lowest BCUT2D eigenvalue weighted by Crippen LogP contribution is -2.06. The number of aryl methyl sites for hydroxylation is 1. The lowest BCUT2D eigenvalue weighted by Gasteiger charge is -2.06. The van der Waals surface area contributed by atoms with Gasteiger partial charge in [0.15, 0.2) is 5.78 Å². The third-order valence-electron chi connectivity index (χ3n) is 3.42. The maximum atomic E-state index is 12.0. The number of allylic oxidation sites excluding steroid dienone is 1. The van der Waals surface area contributed by atoms with E-state index in [1.807, 2.05) is 55.5 Å². The number of fused-ring (bicyclic) bond motifs is 1. The van der Waals surface area contributed by atoms with E-state index in [4.69, 9.17) is 0 Å². The van der Waals surface area contributed by atoms with Gasteiger partial charge in [-0.05, 0) is 30.7 Å². The van der Waals surface area contributed by atoms with Crippen molar-refractivity contribution in [1.82, 2.24) is 9.78 Å². The first-order chi connectivity index (χ1) is 10.1. The highest BCUT2D eigenvalue weighted by molar-refractivity contribution is 6.19. The van der Waals surface area contributed by atoms with Gasteiger partial charge in [-0.2, -0.15) is 5.10 Å². The number of carbonyl (C=O) groups excluding carboxylic acids is 1. The molecule has 0 amide bonds. The van der Waals surface area contributed by atoms with E-state index in [-0.39, 0.29) is 5.78 Å². The molecule has 1 heterocycles. The van der Waals surface area contributed by atoms with E-state index >= 15 is 0 Å². The molecule has 0 N–H and O–H groups in total. The van der Waals surface area contributed by atoms with Crippen LogP contribution in [0.2, 0.25) is 0 Å². The van der Waals surface area contributed by atoms with Crippen LogP contribution in [0.1, 0.15) is 18.1 Å². The molecule has 104 valence electrons. The molecule has 0 radical (unpaired) electrons. The first-order valence-corrected chi connectivity index (χ1v) is 6.87.